The van der Waals surface area contributed by atoms with Crippen LogP contribution in [-0.4, -0.2) is 79.3 Å². The maximum Gasteiger partial charge on any atom is 0.257 e. The quantitative estimate of drug-likeness (QED) is 0.676. The molecule has 2 aliphatic heterocycles. The van der Waals surface area contributed by atoms with E-state index in [-0.39, 0.29) is 24.4 Å². The number of benzene rings is 2. The number of ether oxygens (including phenoxy) is 2. The van der Waals surface area contributed by atoms with E-state index >= 15 is 0 Å². The van der Waals surface area contributed by atoms with E-state index in [1.54, 1.807) is 26.2 Å². The lowest BCUT2D eigenvalue weighted by Crippen LogP contribution is -2.50. The zero-order valence-corrected chi connectivity index (χ0v) is 19.4. The molecule has 8 nitrogen and oxygen atoms in total. The maximum atomic E-state index is 13.4. The molecule has 174 valence electrons. The maximum absolute atomic E-state index is 13.4. The Morgan fingerprint density at radius 2 is 1.48 bits per heavy atom. The summed E-state index contributed by atoms with van der Waals surface area (Å²) >= 11 is 0. The van der Waals surface area contributed by atoms with E-state index in [2.05, 4.69) is 4.90 Å². The van der Waals surface area contributed by atoms with Crippen molar-refractivity contribution in [1.29, 1.82) is 0 Å². The van der Waals surface area contributed by atoms with Gasteiger partial charge in [0.15, 0.2) is 0 Å². The number of nitrogens with zero attached hydrogens (tertiary/aromatic N) is 4. The summed E-state index contributed by atoms with van der Waals surface area (Å²) in [7, 11) is 3.27. The minimum Gasteiger partial charge on any atom is -0.497 e. The third-order valence-corrected chi connectivity index (χ3v) is 6.27. The first kappa shape index (κ1) is 22.8. The number of rotatable bonds is 6. The van der Waals surface area contributed by atoms with Crippen molar-refractivity contribution >= 4 is 17.5 Å². The number of hydrogen-bond acceptors (Lipinski definition) is 6. The van der Waals surface area contributed by atoms with Crippen molar-refractivity contribution in [1.82, 2.24) is 14.8 Å². The van der Waals surface area contributed by atoms with Gasteiger partial charge < -0.3 is 14.4 Å². The summed E-state index contributed by atoms with van der Waals surface area (Å²) in [5.74, 6) is 1.58. The van der Waals surface area contributed by atoms with Crippen LogP contribution in [0.2, 0.25) is 0 Å². The minimum atomic E-state index is -0.181. The molecule has 2 aromatic carbocycles. The van der Waals surface area contributed by atoms with Crippen LogP contribution >= 0.6 is 0 Å². The van der Waals surface area contributed by atoms with Gasteiger partial charge in [-0.15, -0.1) is 0 Å². The SMILES string of the molecule is COc1ccc(C2=NN(C(=O)CN3CCN(C(C)=O)CC3)[C@H](c3ccc(OC)cc3)C2)cc1. The van der Waals surface area contributed by atoms with Gasteiger partial charge >= 0.3 is 0 Å². The summed E-state index contributed by atoms with van der Waals surface area (Å²) in [6.45, 7) is 4.51. The van der Waals surface area contributed by atoms with Crippen molar-refractivity contribution in [2.24, 2.45) is 5.10 Å². The Labute approximate surface area is 194 Å². The van der Waals surface area contributed by atoms with Crippen molar-refractivity contribution in [2.45, 2.75) is 19.4 Å². The molecule has 0 unspecified atom stereocenters. The van der Waals surface area contributed by atoms with Crippen molar-refractivity contribution in [3.8, 4) is 11.5 Å². The zero-order chi connectivity index (χ0) is 23.4. The number of piperazine rings is 1. The van der Waals surface area contributed by atoms with Crippen LogP contribution in [0.25, 0.3) is 0 Å². The Morgan fingerprint density at radius 3 is 2.03 bits per heavy atom. The van der Waals surface area contributed by atoms with Crippen LogP contribution in [0.15, 0.2) is 53.6 Å². The molecule has 1 saturated heterocycles. The number of carbonyl (C=O) groups is 2. The highest BCUT2D eigenvalue weighted by molar-refractivity contribution is 6.03. The monoisotopic (exact) mass is 450 g/mol. The van der Waals surface area contributed by atoms with Gasteiger partial charge in [-0.05, 0) is 47.5 Å². The van der Waals surface area contributed by atoms with Crippen LogP contribution in [0.1, 0.15) is 30.5 Å². The van der Waals surface area contributed by atoms with Gasteiger partial charge in [-0.2, -0.15) is 5.10 Å². The first-order valence-electron chi connectivity index (χ1n) is 11.1. The third kappa shape index (κ3) is 5.17. The first-order valence-corrected chi connectivity index (χ1v) is 11.1. The Bertz CT molecular complexity index is 1010. The van der Waals surface area contributed by atoms with Gasteiger partial charge in [0.25, 0.3) is 5.91 Å². The molecule has 0 aromatic heterocycles. The Kier molecular flexibility index (Phi) is 6.93. The van der Waals surface area contributed by atoms with E-state index in [1.165, 1.54) is 0 Å². The summed E-state index contributed by atoms with van der Waals surface area (Å²) in [6.07, 6.45) is 0.627. The van der Waals surface area contributed by atoms with E-state index in [0.29, 0.717) is 32.6 Å². The Balaban J connectivity index is 1.53. The van der Waals surface area contributed by atoms with E-state index < -0.39 is 0 Å². The van der Waals surface area contributed by atoms with Crippen LogP contribution in [0.3, 0.4) is 0 Å². The second-order valence-corrected chi connectivity index (χ2v) is 8.29. The second kappa shape index (κ2) is 10.0. The molecular weight excluding hydrogens is 420 g/mol. The standard InChI is InChI=1S/C25H30N4O4/c1-18(30)28-14-12-27(13-15-28)17-25(31)29-24(20-6-10-22(33-3)11-7-20)16-23(26-29)19-4-8-21(32-2)9-5-19/h4-11,24H,12-17H2,1-3H3/t24-/m0/s1. The van der Waals surface area contributed by atoms with Crippen LogP contribution in [0, 0.1) is 0 Å². The third-order valence-electron chi connectivity index (χ3n) is 6.27. The van der Waals surface area contributed by atoms with Crippen molar-refractivity contribution in [3.63, 3.8) is 0 Å². The molecular formula is C25H30N4O4. The highest BCUT2D eigenvalue weighted by Crippen LogP contribution is 2.34. The molecule has 4 rings (SSSR count). The Hall–Kier alpha value is -3.39. The molecule has 2 heterocycles. The van der Waals surface area contributed by atoms with Gasteiger partial charge in [0, 0.05) is 39.5 Å². The van der Waals surface area contributed by atoms with Gasteiger partial charge in [-0.1, -0.05) is 12.1 Å². The lowest BCUT2D eigenvalue weighted by Gasteiger charge is -2.34. The molecule has 0 N–H and O–H groups in total. The highest BCUT2D eigenvalue weighted by Gasteiger charge is 2.34. The van der Waals surface area contributed by atoms with Gasteiger partial charge in [0.05, 0.1) is 32.5 Å². The van der Waals surface area contributed by atoms with Crippen LogP contribution in [-0.2, 0) is 9.59 Å². The molecule has 0 aliphatic carbocycles. The van der Waals surface area contributed by atoms with Crippen LogP contribution in [0.4, 0.5) is 0 Å². The van der Waals surface area contributed by atoms with E-state index in [4.69, 9.17) is 14.6 Å². The number of amides is 2. The lowest BCUT2D eigenvalue weighted by atomic mass is 9.98. The molecule has 1 fully saturated rings. The number of methoxy groups -OCH3 is 2. The van der Waals surface area contributed by atoms with Crippen molar-refractivity contribution in [3.05, 3.63) is 59.7 Å². The smallest absolute Gasteiger partial charge is 0.257 e. The molecule has 0 radical (unpaired) electrons. The molecule has 2 aliphatic rings. The van der Waals surface area contributed by atoms with E-state index in [9.17, 15) is 9.59 Å². The van der Waals surface area contributed by atoms with Gasteiger partial charge in [-0.25, -0.2) is 5.01 Å². The second-order valence-electron chi connectivity index (χ2n) is 8.29. The largest absolute Gasteiger partial charge is 0.497 e. The number of carbonyl (C=O) groups excluding carboxylic acids is 2. The zero-order valence-electron chi connectivity index (χ0n) is 19.4. The van der Waals surface area contributed by atoms with Crippen molar-refractivity contribution in [2.75, 3.05) is 46.9 Å². The average molecular weight is 451 g/mol. The van der Waals surface area contributed by atoms with E-state index in [1.807, 2.05) is 53.4 Å². The fraction of sp³-hybridized carbons (Fsp3) is 0.400. The Morgan fingerprint density at radius 1 is 0.909 bits per heavy atom. The summed E-state index contributed by atoms with van der Waals surface area (Å²) in [5, 5.41) is 6.38. The van der Waals surface area contributed by atoms with E-state index in [0.717, 1.165) is 28.3 Å². The van der Waals surface area contributed by atoms with Crippen LogP contribution < -0.4 is 9.47 Å². The molecule has 2 aromatic rings. The van der Waals surface area contributed by atoms with Gasteiger partial charge in [-0.3, -0.25) is 14.5 Å². The fourth-order valence-electron chi connectivity index (χ4n) is 4.27. The van der Waals surface area contributed by atoms with Gasteiger partial charge in [0.1, 0.15) is 11.5 Å². The topological polar surface area (TPSA) is 74.7 Å². The normalized spacial score (nSPS) is 18.8. The minimum absolute atomic E-state index is 0.0457. The molecule has 0 spiro atoms. The molecule has 2 amide bonds. The number of hydrogen-bond donors (Lipinski definition) is 0. The highest BCUT2D eigenvalue weighted by atomic mass is 16.5. The van der Waals surface area contributed by atoms with Crippen LogP contribution in [0.5, 0.6) is 11.5 Å². The fourth-order valence-corrected chi connectivity index (χ4v) is 4.27. The molecule has 8 heteroatoms. The molecule has 0 saturated carbocycles. The molecule has 1 atom stereocenters. The summed E-state index contributed by atoms with van der Waals surface area (Å²) in [5.41, 5.74) is 2.85. The number of hydrazone groups is 1. The summed E-state index contributed by atoms with van der Waals surface area (Å²) < 4.78 is 10.6. The van der Waals surface area contributed by atoms with Crippen molar-refractivity contribution < 1.29 is 19.1 Å². The summed E-state index contributed by atoms with van der Waals surface area (Å²) in [4.78, 5) is 28.9. The first-order chi connectivity index (χ1) is 16.0. The van der Waals surface area contributed by atoms with Gasteiger partial charge in [0.2, 0.25) is 5.91 Å². The molecule has 33 heavy (non-hydrogen) atoms. The lowest BCUT2D eigenvalue weighted by molar-refractivity contribution is -0.135. The molecule has 0 bridgehead atoms. The average Bonchev–Trinajstić information content (AvgIpc) is 3.30. The predicted molar refractivity (Wildman–Crippen MR) is 125 cm³/mol. The predicted octanol–water partition coefficient (Wildman–Crippen LogP) is 2.55. The summed E-state index contributed by atoms with van der Waals surface area (Å²) in [6, 6.07) is 15.4.